The zero-order chi connectivity index (χ0) is 19.4. The highest BCUT2D eigenvalue weighted by molar-refractivity contribution is 5.95. The molecule has 142 valence electrons. The molecule has 1 aromatic heterocycles. The third-order valence-electron chi connectivity index (χ3n) is 4.56. The number of methoxy groups -OCH3 is 1. The summed E-state index contributed by atoms with van der Waals surface area (Å²) >= 11 is 0. The predicted molar refractivity (Wildman–Crippen MR) is 104 cm³/mol. The van der Waals surface area contributed by atoms with Gasteiger partial charge in [-0.2, -0.15) is 0 Å². The third kappa shape index (κ3) is 4.58. The van der Waals surface area contributed by atoms with Crippen LogP contribution < -0.4 is 10.1 Å². The van der Waals surface area contributed by atoms with E-state index in [9.17, 15) is 9.59 Å². The van der Waals surface area contributed by atoms with Crippen molar-refractivity contribution in [1.29, 1.82) is 0 Å². The number of aromatic nitrogens is 1. The van der Waals surface area contributed by atoms with E-state index in [2.05, 4.69) is 29.8 Å². The number of esters is 1. The van der Waals surface area contributed by atoms with E-state index in [1.807, 2.05) is 0 Å². The maximum absolute atomic E-state index is 12.0. The van der Waals surface area contributed by atoms with E-state index in [-0.39, 0.29) is 6.61 Å². The second-order valence-electron chi connectivity index (χ2n) is 6.62. The molecule has 27 heavy (non-hydrogen) atoms. The minimum absolute atomic E-state index is 0.359. The smallest absolute Gasteiger partial charge is 0.331 e. The summed E-state index contributed by atoms with van der Waals surface area (Å²) < 4.78 is 12.5. The molecule has 1 N–H and O–H groups in total. The Bertz CT molecular complexity index is 878. The van der Waals surface area contributed by atoms with Gasteiger partial charge in [0.05, 0.1) is 12.8 Å². The van der Waals surface area contributed by atoms with Gasteiger partial charge < -0.3 is 19.4 Å². The first-order chi connectivity index (χ1) is 13.0. The molecule has 1 saturated carbocycles. The molecule has 2 aromatic rings. The maximum Gasteiger partial charge on any atom is 0.331 e. The lowest BCUT2D eigenvalue weighted by Crippen LogP contribution is -2.20. The zero-order valence-corrected chi connectivity index (χ0v) is 15.8. The molecule has 6 nitrogen and oxygen atoms in total. The van der Waals surface area contributed by atoms with Crippen LogP contribution in [0.1, 0.15) is 35.8 Å². The quantitative estimate of drug-likeness (QED) is 0.598. The molecule has 1 heterocycles. The Kier molecular flexibility index (Phi) is 5.64. The molecule has 0 atom stereocenters. The molecule has 1 fully saturated rings. The van der Waals surface area contributed by atoms with Crippen molar-refractivity contribution in [2.24, 2.45) is 0 Å². The number of amides is 1. The van der Waals surface area contributed by atoms with Gasteiger partial charge in [0, 0.05) is 23.5 Å². The van der Waals surface area contributed by atoms with Crippen LogP contribution in [-0.4, -0.2) is 30.2 Å². The van der Waals surface area contributed by atoms with E-state index in [1.165, 1.54) is 31.7 Å². The number of anilines is 1. The second-order valence-corrected chi connectivity index (χ2v) is 6.62. The number of nitrogens with one attached hydrogen (secondary N) is 1. The van der Waals surface area contributed by atoms with Crippen molar-refractivity contribution in [1.82, 2.24) is 4.57 Å². The van der Waals surface area contributed by atoms with Crippen LogP contribution in [0, 0.1) is 13.8 Å². The number of nitrogens with zero attached hydrogens (tertiary/aromatic N) is 1. The van der Waals surface area contributed by atoms with Crippen LogP contribution in [0.25, 0.3) is 6.08 Å². The second kappa shape index (κ2) is 8.12. The molecule has 0 bridgehead atoms. The molecule has 6 heteroatoms. The fraction of sp³-hybridized carbons (Fsp3) is 0.333. The fourth-order valence-electron chi connectivity index (χ4n) is 3.14. The van der Waals surface area contributed by atoms with Crippen molar-refractivity contribution >= 4 is 23.6 Å². The van der Waals surface area contributed by atoms with E-state index in [0.717, 1.165) is 11.3 Å². The van der Waals surface area contributed by atoms with Crippen molar-refractivity contribution in [2.75, 3.05) is 19.0 Å². The molecule has 0 aliphatic heterocycles. The Morgan fingerprint density at radius 2 is 2.00 bits per heavy atom. The molecule has 3 rings (SSSR count). The first kappa shape index (κ1) is 18.8. The molecular formula is C21H24N2O4. The minimum Gasteiger partial charge on any atom is -0.495 e. The van der Waals surface area contributed by atoms with E-state index in [4.69, 9.17) is 9.47 Å². The van der Waals surface area contributed by atoms with Gasteiger partial charge in [0.1, 0.15) is 5.75 Å². The number of hydrogen-bond donors (Lipinski definition) is 1. The van der Waals surface area contributed by atoms with Crippen molar-refractivity contribution in [2.45, 2.75) is 32.7 Å². The van der Waals surface area contributed by atoms with Gasteiger partial charge >= 0.3 is 5.97 Å². The van der Waals surface area contributed by atoms with Crippen LogP contribution >= 0.6 is 0 Å². The molecule has 1 amide bonds. The molecule has 0 spiro atoms. The van der Waals surface area contributed by atoms with Gasteiger partial charge in [-0.1, -0.05) is 12.1 Å². The van der Waals surface area contributed by atoms with E-state index < -0.39 is 11.9 Å². The number of benzene rings is 1. The normalized spacial score (nSPS) is 13.6. The Balaban J connectivity index is 1.53. The lowest BCUT2D eigenvalue weighted by molar-refractivity contribution is -0.142. The van der Waals surface area contributed by atoms with Crippen molar-refractivity contribution in [3.63, 3.8) is 0 Å². The van der Waals surface area contributed by atoms with Crippen molar-refractivity contribution in [3.05, 3.63) is 53.4 Å². The highest BCUT2D eigenvalue weighted by atomic mass is 16.5. The van der Waals surface area contributed by atoms with Crippen molar-refractivity contribution in [3.8, 4) is 5.75 Å². The number of carbonyl (C=O) groups excluding carboxylic acids is 2. The summed E-state index contributed by atoms with van der Waals surface area (Å²) in [5.41, 5.74) is 3.87. The van der Waals surface area contributed by atoms with Crippen LogP contribution in [0.5, 0.6) is 5.75 Å². The van der Waals surface area contributed by atoms with Crippen LogP contribution in [0.4, 0.5) is 5.69 Å². The Morgan fingerprint density at radius 3 is 2.70 bits per heavy atom. The SMILES string of the molecule is COc1ccccc1NC(=O)COC(=O)/C=C/c1cc(C)n(C2CC2)c1C. The molecule has 0 saturated heterocycles. The summed E-state index contributed by atoms with van der Waals surface area (Å²) in [6, 6.07) is 9.70. The number of aryl methyl sites for hydroxylation is 1. The zero-order valence-electron chi connectivity index (χ0n) is 15.8. The van der Waals surface area contributed by atoms with Crippen LogP contribution in [0.3, 0.4) is 0 Å². The monoisotopic (exact) mass is 368 g/mol. The molecule has 0 radical (unpaired) electrons. The van der Waals surface area contributed by atoms with Crippen LogP contribution in [-0.2, 0) is 14.3 Å². The highest BCUT2D eigenvalue weighted by Crippen LogP contribution is 2.38. The topological polar surface area (TPSA) is 69.6 Å². The summed E-state index contributed by atoms with van der Waals surface area (Å²) in [4.78, 5) is 23.9. The summed E-state index contributed by atoms with van der Waals surface area (Å²) in [5, 5.41) is 2.66. The lowest BCUT2D eigenvalue weighted by atomic mass is 10.2. The number of ether oxygens (including phenoxy) is 2. The largest absolute Gasteiger partial charge is 0.495 e. The third-order valence-corrected chi connectivity index (χ3v) is 4.56. The Labute approximate surface area is 158 Å². The van der Waals surface area contributed by atoms with Crippen molar-refractivity contribution < 1.29 is 19.1 Å². The molecular weight excluding hydrogens is 344 g/mol. The number of carbonyl (C=O) groups is 2. The van der Waals surface area contributed by atoms with Gasteiger partial charge in [-0.3, -0.25) is 4.79 Å². The average molecular weight is 368 g/mol. The summed E-state index contributed by atoms with van der Waals surface area (Å²) in [5.74, 6) is -0.433. The first-order valence-corrected chi connectivity index (χ1v) is 8.95. The fourth-order valence-corrected chi connectivity index (χ4v) is 3.14. The standard InChI is InChI=1S/C21H24N2O4/c1-14-12-16(15(2)23(14)17-9-10-17)8-11-21(25)27-13-20(24)22-18-6-4-5-7-19(18)26-3/h4-8,11-12,17H,9-10,13H2,1-3H3,(H,22,24)/b11-8+. The number of hydrogen-bond acceptors (Lipinski definition) is 4. The van der Waals surface area contributed by atoms with Crippen LogP contribution in [0.2, 0.25) is 0 Å². The van der Waals surface area contributed by atoms with Crippen LogP contribution in [0.15, 0.2) is 36.4 Å². The van der Waals surface area contributed by atoms with E-state index in [0.29, 0.717) is 17.5 Å². The van der Waals surface area contributed by atoms with Gasteiger partial charge in [0.15, 0.2) is 6.61 Å². The van der Waals surface area contributed by atoms with Gasteiger partial charge in [0.2, 0.25) is 0 Å². The average Bonchev–Trinajstić information content (AvgIpc) is 3.44. The molecule has 1 aromatic carbocycles. The van der Waals surface area contributed by atoms with Gasteiger partial charge in [-0.25, -0.2) is 4.79 Å². The van der Waals surface area contributed by atoms with E-state index in [1.54, 1.807) is 30.3 Å². The number of para-hydroxylation sites is 2. The van der Waals surface area contributed by atoms with E-state index >= 15 is 0 Å². The summed E-state index contributed by atoms with van der Waals surface area (Å²) in [6.45, 7) is 3.77. The minimum atomic E-state index is -0.554. The molecule has 0 unspecified atom stereocenters. The Hall–Kier alpha value is -3.02. The first-order valence-electron chi connectivity index (χ1n) is 8.95. The van der Waals surface area contributed by atoms with Gasteiger partial charge in [-0.05, 0) is 56.5 Å². The summed E-state index contributed by atoms with van der Waals surface area (Å²) in [6.07, 6.45) is 5.52. The highest BCUT2D eigenvalue weighted by Gasteiger charge is 2.26. The summed E-state index contributed by atoms with van der Waals surface area (Å²) in [7, 11) is 1.52. The Morgan fingerprint density at radius 1 is 1.26 bits per heavy atom. The van der Waals surface area contributed by atoms with Gasteiger partial charge in [0.25, 0.3) is 5.91 Å². The predicted octanol–water partition coefficient (Wildman–Crippen LogP) is 3.64. The molecule has 1 aliphatic carbocycles. The van der Waals surface area contributed by atoms with Gasteiger partial charge in [-0.15, -0.1) is 0 Å². The lowest BCUT2D eigenvalue weighted by Gasteiger charge is -2.09. The number of rotatable bonds is 7. The maximum atomic E-state index is 12.0. The molecule has 1 aliphatic rings.